The van der Waals surface area contributed by atoms with E-state index in [4.69, 9.17) is 11.6 Å². The van der Waals surface area contributed by atoms with Crippen LogP contribution in [0.2, 0.25) is 0 Å². The minimum Gasteiger partial charge on any atom is -0.295 e. The van der Waals surface area contributed by atoms with Gasteiger partial charge < -0.3 is 0 Å². The van der Waals surface area contributed by atoms with E-state index in [2.05, 4.69) is 4.98 Å². The predicted molar refractivity (Wildman–Crippen MR) is 80.1 cm³/mol. The second-order valence-electron chi connectivity index (χ2n) is 4.87. The van der Waals surface area contributed by atoms with E-state index in [-0.39, 0.29) is 11.7 Å². The van der Waals surface area contributed by atoms with Crippen LogP contribution in [0.25, 0.3) is 16.7 Å². The summed E-state index contributed by atoms with van der Waals surface area (Å²) in [7, 11) is 0. The lowest BCUT2D eigenvalue weighted by molar-refractivity contribution is 0.626. The molecule has 0 unspecified atom stereocenters. The maximum absolute atomic E-state index is 13.6. The molecular formula is C16H14ClFN2. The molecule has 0 atom stereocenters. The SMILES string of the molecule is Cc1ccc(F)cc1-n1c(CCl)nc2c(C)cccc21. The van der Waals surface area contributed by atoms with Crippen LogP contribution in [0.15, 0.2) is 36.4 Å². The quantitative estimate of drug-likeness (QED) is 0.634. The fraction of sp³-hybridized carbons (Fsp3) is 0.188. The molecule has 0 fully saturated rings. The van der Waals surface area contributed by atoms with E-state index >= 15 is 0 Å². The summed E-state index contributed by atoms with van der Waals surface area (Å²) in [5.74, 6) is 0.745. The first-order valence-electron chi connectivity index (χ1n) is 6.41. The van der Waals surface area contributed by atoms with Gasteiger partial charge in [0.1, 0.15) is 11.6 Å². The summed E-state index contributed by atoms with van der Waals surface area (Å²) in [4.78, 5) is 4.59. The Balaban J connectivity index is 2.40. The van der Waals surface area contributed by atoms with E-state index in [1.54, 1.807) is 6.07 Å². The predicted octanol–water partition coefficient (Wildman–Crippen LogP) is 4.52. The number of aryl methyl sites for hydroxylation is 2. The van der Waals surface area contributed by atoms with Crippen molar-refractivity contribution in [2.75, 3.05) is 0 Å². The van der Waals surface area contributed by atoms with Crippen LogP contribution in [0.4, 0.5) is 4.39 Å². The smallest absolute Gasteiger partial charge is 0.129 e. The first kappa shape index (κ1) is 13.1. The molecule has 0 aliphatic heterocycles. The van der Waals surface area contributed by atoms with Crippen molar-refractivity contribution in [3.8, 4) is 5.69 Å². The molecule has 4 heteroatoms. The number of hydrogen-bond acceptors (Lipinski definition) is 1. The lowest BCUT2D eigenvalue weighted by Crippen LogP contribution is -2.02. The van der Waals surface area contributed by atoms with Crippen molar-refractivity contribution in [1.82, 2.24) is 9.55 Å². The van der Waals surface area contributed by atoms with Gasteiger partial charge in [0, 0.05) is 0 Å². The van der Waals surface area contributed by atoms with Gasteiger partial charge in [-0.25, -0.2) is 9.37 Å². The van der Waals surface area contributed by atoms with Crippen LogP contribution in [-0.4, -0.2) is 9.55 Å². The molecule has 0 aliphatic rings. The van der Waals surface area contributed by atoms with Gasteiger partial charge in [0.2, 0.25) is 0 Å². The first-order valence-corrected chi connectivity index (χ1v) is 6.94. The van der Waals surface area contributed by atoms with Crippen LogP contribution in [0.3, 0.4) is 0 Å². The molecule has 0 aliphatic carbocycles. The molecule has 2 nitrogen and oxygen atoms in total. The van der Waals surface area contributed by atoms with E-state index in [9.17, 15) is 4.39 Å². The normalized spacial score (nSPS) is 11.2. The van der Waals surface area contributed by atoms with Gasteiger partial charge in [0.15, 0.2) is 0 Å². The van der Waals surface area contributed by atoms with Gasteiger partial charge in [0.25, 0.3) is 0 Å². The largest absolute Gasteiger partial charge is 0.295 e. The fourth-order valence-electron chi connectivity index (χ4n) is 2.47. The van der Waals surface area contributed by atoms with Crippen LogP contribution in [0.5, 0.6) is 0 Å². The number of alkyl halides is 1. The Kier molecular flexibility index (Phi) is 3.22. The summed E-state index contributed by atoms with van der Waals surface area (Å²) in [6.07, 6.45) is 0. The minimum absolute atomic E-state index is 0.263. The van der Waals surface area contributed by atoms with Crippen molar-refractivity contribution in [3.63, 3.8) is 0 Å². The van der Waals surface area contributed by atoms with Crippen molar-refractivity contribution < 1.29 is 4.39 Å². The summed E-state index contributed by atoms with van der Waals surface area (Å²) in [5, 5.41) is 0. The van der Waals surface area contributed by atoms with Gasteiger partial charge in [-0.1, -0.05) is 18.2 Å². The van der Waals surface area contributed by atoms with Crippen LogP contribution in [-0.2, 0) is 5.88 Å². The van der Waals surface area contributed by atoms with Gasteiger partial charge in [-0.05, 0) is 43.2 Å². The molecule has 0 saturated carbocycles. The third-order valence-corrected chi connectivity index (χ3v) is 3.73. The maximum Gasteiger partial charge on any atom is 0.129 e. The van der Waals surface area contributed by atoms with E-state index in [0.717, 1.165) is 33.7 Å². The zero-order valence-corrected chi connectivity index (χ0v) is 12.1. The Morgan fingerprint density at radius 1 is 1.15 bits per heavy atom. The molecular weight excluding hydrogens is 275 g/mol. The molecule has 3 aromatic rings. The molecule has 1 heterocycles. The Bertz CT molecular complexity index is 793. The highest BCUT2D eigenvalue weighted by Gasteiger charge is 2.14. The molecule has 0 radical (unpaired) electrons. The maximum atomic E-state index is 13.6. The molecule has 1 aromatic heterocycles. The summed E-state index contributed by atoms with van der Waals surface area (Å²) in [5.41, 5.74) is 4.72. The molecule has 0 saturated heterocycles. The molecule has 0 amide bonds. The third-order valence-electron chi connectivity index (χ3n) is 3.49. The second kappa shape index (κ2) is 4.91. The molecule has 102 valence electrons. The van der Waals surface area contributed by atoms with Gasteiger partial charge >= 0.3 is 0 Å². The Labute approximate surface area is 121 Å². The van der Waals surface area contributed by atoms with Gasteiger partial charge in [-0.2, -0.15) is 0 Å². The number of imidazole rings is 1. The third kappa shape index (κ3) is 1.98. The number of benzene rings is 2. The lowest BCUT2D eigenvalue weighted by Gasteiger charge is -2.11. The Morgan fingerprint density at radius 3 is 2.70 bits per heavy atom. The topological polar surface area (TPSA) is 17.8 Å². The van der Waals surface area contributed by atoms with Crippen LogP contribution in [0, 0.1) is 19.7 Å². The summed E-state index contributed by atoms with van der Waals surface area (Å²) in [6, 6.07) is 10.7. The number of para-hydroxylation sites is 1. The average molecular weight is 289 g/mol. The Hall–Kier alpha value is -1.87. The number of fused-ring (bicyclic) bond motifs is 1. The van der Waals surface area contributed by atoms with E-state index < -0.39 is 0 Å². The summed E-state index contributed by atoms with van der Waals surface area (Å²) >= 11 is 6.02. The van der Waals surface area contributed by atoms with E-state index in [0.29, 0.717) is 0 Å². The van der Waals surface area contributed by atoms with Crippen LogP contribution >= 0.6 is 11.6 Å². The lowest BCUT2D eigenvalue weighted by atomic mass is 10.1. The number of rotatable bonds is 2. The van der Waals surface area contributed by atoms with Crippen molar-refractivity contribution >= 4 is 22.6 Å². The van der Waals surface area contributed by atoms with Crippen LogP contribution in [0.1, 0.15) is 17.0 Å². The van der Waals surface area contributed by atoms with Gasteiger partial charge in [0.05, 0.1) is 22.6 Å². The molecule has 0 spiro atoms. The molecule has 3 rings (SSSR count). The van der Waals surface area contributed by atoms with E-state index in [1.165, 1.54) is 12.1 Å². The number of halogens is 2. The molecule has 2 aromatic carbocycles. The highest BCUT2D eigenvalue weighted by molar-refractivity contribution is 6.17. The standard InChI is InChI=1S/C16H14ClFN2/c1-10-6-7-12(18)8-14(10)20-13-5-3-4-11(2)16(13)19-15(20)9-17/h3-8H,9H2,1-2H3. The minimum atomic E-state index is -0.263. The monoisotopic (exact) mass is 288 g/mol. The average Bonchev–Trinajstić information content (AvgIpc) is 2.81. The van der Waals surface area contributed by atoms with Crippen molar-refractivity contribution in [2.45, 2.75) is 19.7 Å². The van der Waals surface area contributed by atoms with Crippen molar-refractivity contribution in [1.29, 1.82) is 0 Å². The first-order chi connectivity index (χ1) is 9.61. The summed E-state index contributed by atoms with van der Waals surface area (Å²) < 4.78 is 15.5. The fourth-order valence-corrected chi connectivity index (χ4v) is 2.65. The van der Waals surface area contributed by atoms with Gasteiger partial charge in [-0.3, -0.25) is 4.57 Å². The highest BCUT2D eigenvalue weighted by atomic mass is 35.5. The summed E-state index contributed by atoms with van der Waals surface area (Å²) in [6.45, 7) is 3.96. The Morgan fingerprint density at radius 2 is 1.95 bits per heavy atom. The zero-order valence-electron chi connectivity index (χ0n) is 11.3. The van der Waals surface area contributed by atoms with Crippen LogP contribution < -0.4 is 0 Å². The molecule has 0 bridgehead atoms. The molecule has 20 heavy (non-hydrogen) atoms. The zero-order chi connectivity index (χ0) is 14.3. The highest BCUT2D eigenvalue weighted by Crippen LogP contribution is 2.27. The number of nitrogens with zero attached hydrogens (tertiary/aromatic N) is 2. The van der Waals surface area contributed by atoms with Crippen molar-refractivity contribution in [3.05, 3.63) is 59.2 Å². The number of aromatic nitrogens is 2. The van der Waals surface area contributed by atoms with Gasteiger partial charge in [-0.15, -0.1) is 11.6 Å². The van der Waals surface area contributed by atoms with E-state index in [1.807, 2.05) is 36.6 Å². The molecule has 0 N–H and O–H groups in total. The number of hydrogen-bond donors (Lipinski definition) is 0. The second-order valence-corrected chi connectivity index (χ2v) is 5.14. The van der Waals surface area contributed by atoms with Crippen molar-refractivity contribution in [2.24, 2.45) is 0 Å².